The fraction of sp³-hybridized carbons (Fsp3) is 0.107. The number of anilines is 9. The van der Waals surface area contributed by atoms with E-state index in [0.29, 0.717) is 47.3 Å². The van der Waals surface area contributed by atoms with Crippen LogP contribution in [-0.2, 0) is 21.4 Å². The van der Waals surface area contributed by atoms with E-state index in [1.54, 1.807) is 80.1 Å². The minimum Gasteiger partial charge on any atom is -0.497 e. The van der Waals surface area contributed by atoms with Crippen LogP contribution in [0.15, 0.2) is 281 Å². The Morgan fingerprint density at radius 1 is 0.567 bits per heavy atom. The van der Waals surface area contributed by atoms with E-state index in [1.807, 2.05) is 158 Å². The first-order chi connectivity index (χ1) is 47.2. The molecule has 1 aliphatic heterocycles. The van der Waals surface area contributed by atoms with Crippen molar-refractivity contribution in [3.05, 3.63) is 285 Å². The van der Waals surface area contributed by atoms with E-state index >= 15 is 0 Å². The first-order valence-corrected chi connectivity index (χ1v) is 32.4. The van der Waals surface area contributed by atoms with Crippen LogP contribution in [-0.4, -0.2) is 90.8 Å². The van der Waals surface area contributed by atoms with Crippen molar-refractivity contribution in [1.29, 1.82) is 0 Å². The Labute approximate surface area is 561 Å². The molecular formula is C75H69N13O8S. The minimum absolute atomic E-state index is 0.00801. The number of carbonyl (C=O) groups excluding carboxylic acids is 3. The van der Waals surface area contributed by atoms with Crippen LogP contribution in [0.1, 0.15) is 33.1 Å². The molecule has 8 N–H and O–H groups in total. The van der Waals surface area contributed by atoms with Gasteiger partial charge in [0.1, 0.15) is 17.4 Å². The second kappa shape index (κ2) is 32.2. The number of ether oxygens (including phenoxy) is 1. The molecule has 488 valence electrons. The molecule has 97 heavy (non-hydrogen) atoms. The highest BCUT2D eigenvalue weighted by molar-refractivity contribution is 7.89. The lowest BCUT2D eigenvalue weighted by Crippen LogP contribution is -2.37. The number of nitrogens with one attached hydrogen (secondary N) is 6. The van der Waals surface area contributed by atoms with Gasteiger partial charge in [-0.25, -0.2) is 33.5 Å². The number of nitrogens with zero attached hydrogens (tertiary/aromatic N) is 6. The molecule has 12 aromatic rings. The van der Waals surface area contributed by atoms with Crippen molar-refractivity contribution in [2.24, 2.45) is 5.14 Å². The first kappa shape index (κ1) is 66.4. The van der Waals surface area contributed by atoms with Gasteiger partial charge in [0.05, 0.1) is 36.8 Å². The van der Waals surface area contributed by atoms with Crippen LogP contribution in [0, 0.1) is 0 Å². The summed E-state index contributed by atoms with van der Waals surface area (Å²) in [5.41, 5.74) is 11.3. The second-order valence-electron chi connectivity index (χ2n) is 22.3. The summed E-state index contributed by atoms with van der Waals surface area (Å²) in [6.45, 7) is 3.25. The van der Waals surface area contributed by atoms with Crippen molar-refractivity contribution in [3.63, 3.8) is 0 Å². The number of aromatic nitrogens is 4. The number of carbonyl (C=O) groups is 3. The molecule has 0 radical (unpaired) electrons. The lowest BCUT2D eigenvalue weighted by atomic mass is 10.1. The summed E-state index contributed by atoms with van der Waals surface area (Å²) >= 11 is 0. The monoisotopic (exact) mass is 1310 g/mol. The Morgan fingerprint density at radius 3 is 1.86 bits per heavy atom. The number of furan rings is 2. The van der Waals surface area contributed by atoms with Gasteiger partial charge in [-0.3, -0.25) is 19.3 Å². The van der Waals surface area contributed by atoms with Gasteiger partial charge in [0, 0.05) is 97.1 Å². The predicted molar refractivity (Wildman–Crippen MR) is 379 cm³/mol. The Bertz CT molecular complexity index is 4700. The lowest BCUT2D eigenvalue weighted by molar-refractivity contribution is -0.115. The molecule has 1 atom stereocenters. The summed E-state index contributed by atoms with van der Waals surface area (Å²) in [6, 6.07) is 73.4. The van der Waals surface area contributed by atoms with E-state index in [9.17, 15) is 22.8 Å². The highest BCUT2D eigenvalue weighted by Crippen LogP contribution is 2.30. The van der Waals surface area contributed by atoms with E-state index in [4.69, 9.17) is 18.7 Å². The topological polar surface area (TPSA) is 277 Å². The molecule has 21 nitrogen and oxygen atoms in total. The van der Waals surface area contributed by atoms with Gasteiger partial charge < -0.3 is 50.4 Å². The Hall–Kier alpha value is -12.1. The molecule has 5 aromatic heterocycles. The van der Waals surface area contributed by atoms with Crippen LogP contribution in [0.4, 0.5) is 51.7 Å². The number of amides is 3. The van der Waals surface area contributed by atoms with E-state index in [1.165, 1.54) is 30.2 Å². The van der Waals surface area contributed by atoms with Crippen molar-refractivity contribution in [2.75, 3.05) is 65.3 Å². The van der Waals surface area contributed by atoms with Gasteiger partial charge in [0.15, 0.2) is 11.5 Å². The molecule has 0 spiro atoms. The molecule has 1 unspecified atom stereocenters. The van der Waals surface area contributed by atoms with Gasteiger partial charge in [0.2, 0.25) is 21.9 Å². The van der Waals surface area contributed by atoms with Crippen molar-refractivity contribution in [3.8, 4) is 39.3 Å². The van der Waals surface area contributed by atoms with Crippen LogP contribution in [0.3, 0.4) is 0 Å². The standard InChI is InChI=1S/C29H30N6O.C24H21N3O3.C22H18N4O4S/c36-28(19-31-26-16-18-35(21-26)20-22-7-3-1-4-8-22)32-25-13-11-23(12-14-25)27-15-17-30-29(34-27)33-24-9-5-2-6-10-24;1-27(24(28)22-10-5-13-30-22)20-8-3-6-17(14-20)18-11-12-25-23(15-18)26-19-7-4-9-21(16-19)29-2;23-31(28,29)19-7-2-6-18(14-19)25-21-13-16(9-10-24-21)15-4-1-5-17(12-15)26-22(27)20-8-3-11-30-20/h1-15,17,26,31H,16,18-21H2,(H,32,36)(H,30,33,34);3-16H,1-2H3,(H,25,26);1-14H,(H,24,25)(H,26,27)(H2,23,28,29). The van der Waals surface area contributed by atoms with Crippen molar-refractivity contribution >= 4 is 79.5 Å². The summed E-state index contributed by atoms with van der Waals surface area (Å²) in [7, 11) is -0.435. The molecule has 1 fully saturated rings. The molecule has 1 aliphatic rings. The molecule has 6 heterocycles. The van der Waals surface area contributed by atoms with E-state index < -0.39 is 10.0 Å². The molecule has 7 aromatic carbocycles. The maximum Gasteiger partial charge on any atom is 0.293 e. The third-order valence-electron chi connectivity index (χ3n) is 15.3. The normalized spacial score (nSPS) is 12.5. The first-order valence-electron chi connectivity index (χ1n) is 30.9. The Morgan fingerprint density at radius 2 is 1.18 bits per heavy atom. The number of rotatable bonds is 21. The fourth-order valence-corrected chi connectivity index (χ4v) is 11.0. The van der Waals surface area contributed by atoms with E-state index in [2.05, 4.69) is 81.0 Å². The smallest absolute Gasteiger partial charge is 0.293 e. The van der Waals surface area contributed by atoms with Crippen LogP contribution in [0.2, 0.25) is 0 Å². The minimum atomic E-state index is -3.80. The van der Waals surface area contributed by atoms with Crippen LogP contribution >= 0.6 is 0 Å². The number of benzene rings is 7. The largest absolute Gasteiger partial charge is 0.497 e. The average molecular weight is 1310 g/mol. The van der Waals surface area contributed by atoms with Crippen LogP contribution < -0.4 is 46.7 Å². The summed E-state index contributed by atoms with van der Waals surface area (Å²) in [5.74, 6) is 2.49. The average Bonchev–Trinajstić information content (AvgIpc) is 1.69. The zero-order valence-electron chi connectivity index (χ0n) is 53.0. The summed E-state index contributed by atoms with van der Waals surface area (Å²) in [4.78, 5) is 58.9. The quantitative estimate of drug-likeness (QED) is 0.0352. The molecular weight excluding hydrogens is 1240 g/mol. The SMILES string of the molecule is COc1cccc(Nc2cc(-c3cccc(N(C)C(=O)c4ccco4)c3)ccn2)c1.NS(=O)(=O)c1cccc(Nc2cc(-c3cccc(NC(=O)c4ccco4)c3)ccn2)c1.O=C(CNC1CCN(Cc2ccccc2)C1)Nc1ccc(-c2ccnc(Nc3ccccc3)n2)cc1. The molecule has 13 rings (SSSR count). The van der Waals surface area contributed by atoms with Crippen LogP contribution in [0.25, 0.3) is 33.5 Å². The third kappa shape index (κ3) is 19.1. The maximum atomic E-state index is 12.6. The van der Waals surface area contributed by atoms with Crippen molar-refractivity contribution in [1.82, 2.24) is 30.2 Å². The van der Waals surface area contributed by atoms with Gasteiger partial charge in [-0.1, -0.05) is 97.1 Å². The van der Waals surface area contributed by atoms with Gasteiger partial charge in [-0.15, -0.1) is 0 Å². The fourth-order valence-electron chi connectivity index (χ4n) is 10.4. The van der Waals surface area contributed by atoms with Crippen LogP contribution in [0.5, 0.6) is 5.75 Å². The van der Waals surface area contributed by atoms with Gasteiger partial charge in [0.25, 0.3) is 11.8 Å². The zero-order chi connectivity index (χ0) is 67.4. The number of likely N-dealkylation sites (tertiary alicyclic amines) is 1. The van der Waals surface area contributed by atoms with Gasteiger partial charge >= 0.3 is 0 Å². The molecule has 0 aliphatic carbocycles. The number of para-hydroxylation sites is 1. The third-order valence-corrected chi connectivity index (χ3v) is 16.2. The number of hydrogen-bond donors (Lipinski definition) is 7. The Kier molecular flexibility index (Phi) is 22.0. The molecule has 1 saturated heterocycles. The second-order valence-corrected chi connectivity index (χ2v) is 23.8. The Balaban J connectivity index is 0.000000148. The maximum absolute atomic E-state index is 12.6. The molecule has 3 amide bonds. The van der Waals surface area contributed by atoms with Crippen molar-refractivity contribution in [2.45, 2.75) is 23.9 Å². The predicted octanol–water partition coefficient (Wildman–Crippen LogP) is 14.0. The summed E-state index contributed by atoms with van der Waals surface area (Å²) in [5, 5.41) is 24.0. The number of pyridine rings is 2. The van der Waals surface area contributed by atoms with E-state index in [-0.39, 0.29) is 28.4 Å². The van der Waals surface area contributed by atoms with Crippen molar-refractivity contribution < 1.29 is 36.4 Å². The summed E-state index contributed by atoms with van der Waals surface area (Å²) < 4.78 is 38.7. The highest BCUT2D eigenvalue weighted by atomic mass is 32.2. The van der Waals surface area contributed by atoms with Gasteiger partial charge in [-0.05, 0) is 168 Å². The number of hydrogen-bond acceptors (Lipinski definition) is 17. The number of sulfonamides is 1. The molecule has 0 saturated carbocycles. The number of nitrogens with two attached hydrogens (primary N) is 1. The lowest BCUT2D eigenvalue weighted by Gasteiger charge is -2.17. The number of methoxy groups -OCH3 is 1. The van der Waals surface area contributed by atoms with Gasteiger partial charge in [-0.2, -0.15) is 0 Å². The highest BCUT2D eigenvalue weighted by Gasteiger charge is 2.23. The molecule has 22 heteroatoms. The van der Waals surface area contributed by atoms with E-state index in [0.717, 1.165) is 88.1 Å². The summed E-state index contributed by atoms with van der Waals surface area (Å²) in [6.07, 6.45) is 9.10. The number of primary sulfonamides is 1. The molecule has 0 bridgehead atoms. The zero-order valence-corrected chi connectivity index (χ0v) is 53.8.